The van der Waals surface area contributed by atoms with Gasteiger partial charge in [-0.1, -0.05) is 26.7 Å². The first-order chi connectivity index (χ1) is 20.6. The second-order valence-electron chi connectivity index (χ2n) is 13.3. The van der Waals surface area contributed by atoms with E-state index in [0.717, 1.165) is 57.4 Å². The SMILES string of the molecule is CC[C@@H]1C(=O)N(C)c2cnc(Nc3ccc(C(=O)NC(O)C4(C)C[C@H]5CN(C)C[C@H]5C4)cc3OC)nc2N1C1CCCC1. The number of methoxy groups -OCH3 is 1. The molecule has 2 amide bonds. The van der Waals surface area contributed by atoms with E-state index in [1.54, 1.807) is 43.5 Å². The quantitative estimate of drug-likeness (QED) is 0.394. The number of nitrogens with one attached hydrogen (secondary N) is 2. The van der Waals surface area contributed by atoms with E-state index in [1.807, 2.05) is 6.92 Å². The molecule has 43 heavy (non-hydrogen) atoms. The predicted molar refractivity (Wildman–Crippen MR) is 166 cm³/mol. The summed E-state index contributed by atoms with van der Waals surface area (Å²) in [5.41, 5.74) is 1.37. The summed E-state index contributed by atoms with van der Waals surface area (Å²) in [4.78, 5) is 42.1. The number of likely N-dealkylation sites (tertiary alicyclic amines) is 1. The number of aliphatic hydroxyl groups is 1. The Morgan fingerprint density at radius 1 is 1.19 bits per heavy atom. The van der Waals surface area contributed by atoms with Crippen LogP contribution in [-0.4, -0.2) is 84.4 Å². The second-order valence-corrected chi connectivity index (χ2v) is 13.3. The van der Waals surface area contributed by atoms with Crippen LogP contribution in [0.25, 0.3) is 0 Å². The van der Waals surface area contributed by atoms with Gasteiger partial charge in [0.05, 0.1) is 19.0 Å². The average Bonchev–Trinajstić information content (AvgIpc) is 3.71. The summed E-state index contributed by atoms with van der Waals surface area (Å²) < 4.78 is 5.65. The number of rotatable bonds is 8. The van der Waals surface area contributed by atoms with E-state index < -0.39 is 6.23 Å². The largest absolute Gasteiger partial charge is 0.495 e. The fourth-order valence-corrected chi connectivity index (χ4v) is 8.02. The standard InChI is InChI=1S/C32H45N7O4/c1-6-24-29(41)38(4)25-16-33-31(35-27(25)39(24)22-9-7-8-10-22)34-23-12-11-19(13-26(23)43-5)28(40)36-30(42)32(2)14-20-17-37(3)18-21(20)15-32/h11-13,16,20-22,24,30,42H,6-10,14-15,17-18H2,1-5H3,(H,36,40)(H,33,34,35)/t20-,21+,24-,30?,32?/m1/s1. The fourth-order valence-electron chi connectivity index (χ4n) is 8.02. The van der Waals surface area contributed by atoms with Crippen LogP contribution in [0, 0.1) is 17.3 Å². The highest BCUT2D eigenvalue weighted by Crippen LogP contribution is 2.50. The summed E-state index contributed by atoms with van der Waals surface area (Å²) in [6.45, 7) is 6.22. The molecule has 3 heterocycles. The number of likely N-dealkylation sites (N-methyl/N-ethyl adjacent to an activating group) is 1. The van der Waals surface area contributed by atoms with Gasteiger partial charge in [-0.25, -0.2) is 4.98 Å². The molecule has 0 radical (unpaired) electrons. The number of aromatic nitrogens is 2. The van der Waals surface area contributed by atoms with Crippen molar-refractivity contribution in [3.05, 3.63) is 30.0 Å². The van der Waals surface area contributed by atoms with Crippen molar-refractivity contribution in [2.45, 2.75) is 77.1 Å². The minimum Gasteiger partial charge on any atom is -0.495 e. The summed E-state index contributed by atoms with van der Waals surface area (Å²) >= 11 is 0. The van der Waals surface area contributed by atoms with Crippen LogP contribution in [0.4, 0.5) is 23.1 Å². The first-order valence-electron chi connectivity index (χ1n) is 15.7. The maximum absolute atomic E-state index is 13.2. The Morgan fingerprint density at radius 3 is 2.53 bits per heavy atom. The molecule has 0 spiro atoms. The summed E-state index contributed by atoms with van der Waals surface area (Å²) in [6.07, 6.45) is 7.67. The van der Waals surface area contributed by atoms with Gasteiger partial charge in [0.15, 0.2) is 5.82 Å². The molecule has 5 atom stereocenters. The Hall–Kier alpha value is -3.44. The highest BCUT2D eigenvalue weighted by molar-refractivity contribution is 6.04. The highest BCUT2D eigenvalue weighted by atomic mass is 16.5. The van der Waals surface area contributed by atoms with E-state index in [9.17, 15) is 14.7 Å². The second kappa shape index (κ2) is 11.6. The molecule has 232 valence electrons. The molecule has 11 heteroatoms. The zero-order valence-electron chi connectivity index (χ0n) is 26.0. The first-order valence-corrected chi connectivity index (χ1v) is 15.7. The number of benzene rings is 1. The van der Waals surface area contributed by atoms with Crippen molar-refractivity contribution in [2.75, 3.05) is 49.4 Å². The third-order valence-corrected chi connectivity index (χ3v) is 10.3. The molecule has 2 saturated carbocycles. The van der Waals surface area contributed by atoms with Crippen LogP contribution in [0.2, 0.25) is 0 Å². The van der Waals surface area contributed by atoms with Gasteiger partial charge in [-0.3, -0.25) is 9.59 Å². The van der Waals surface area contributed by atoms with Crippen LogP contribution < -0.4 is 25.2 Å². The molecule has 2 unspecified atom stereocenters. The number of amides is 2. The molecule has 0 bridgehead atoms. The number of fused-ring (bicyclic) bond motifs is 2. The summed E-state index contributed by atoms with van der Waals surface area (Å²) in [6, 6.07) is 5.15. The normalized spacial score (nSPS) is 28.1. The zero-order valence-corrected chi connectivity index (χ0v) is 26.0. The van der Waals surface area contributed by atoms with Crippen LogP contribution in [0.5, 0.6) is 5.75 Å². The number of hydrogen-bond donors (Lipinski definition) is 3. The van der Waals surface area contributed by atoms with E-state index in [2.05, 4.69) is 39.4 Å². The number of hydrogen-bond acceptors (Lipinski definition) is 9. The average molecular weight is 592 g/mol. The van der Waals surface area contributed by atoms with Crippen LogP contribution in [0.15, 0.2) is 24.4 Å². The Labute approximate surface area is 254 Å². The summed E-state index contributed by atoms with van der Waals surface area (Å²) in [5, 5.41) is 17.2. The van der Waals surface area contributed by atoms with Gasteiger partial charge < -0.3 is 35.2 Å². The van der Waals surface area contributed by atoms with Gasteiger partial charge in [0.2, 0.25) is 11.9 Å². The number of ether oxygens (including phenoxy) is 1. The van der Waals surface area contributed by atoms with Crippen molar-refractivity contribution < 1.29 is 19.4 Å². The maximum Gasteiger partial charge on any atom is 0.253 e. The molecular formula is C32H45N7O4. The van der Waals surface area contributed by atoms with Crippen LogP contribution in [0.1, 0.15) is 69.2 Å². The Morgan fingerprint density at radius 2 is 1.88 bits per heavy atom. The van der Waals surface area contributed by atoms with Crippen molar-refractivity contribution >= 4 is 35.0 Å². The smallest absolute Gasteiger partial charge is 0.253 e. The lowest BCUT2D eigenvalue weighted by Crippen LogP contribution is -2.55. The molecule has 6 rings (SSSR count). The lowest BCUT2D eigenvalue weighted by atomic mass is 9.84. The Kier molecular flexibility index (Phi) is 7.97. The van der Waals surface area contributed by atoms with Gasteiger partial charge in [0.1, 0.15) is 23.7 Å². The molecule has 2 aliphatic carbocycles. The number of aliphatic hydroxyl groups excluding tert-OH is 1. The number of carbonyl (C=O) groups is 2. The Bertz CT molecular complexity index is 1370. The van der Waals surface area contributed by atoms with Gasteiger partial charge in [0.25, 0.3) is 5.91 Å². The van der Waals surface area contributed by atoms with Gasteiger partial charge in [0, 0.05) is 37.2 Å². The van der Waals surface area contributed by atoms with Crippen molar-refractivity contribution in [2.24, 2.45) is 17.3 Å². The first kappa shape index (κ1) is 29.6. The van der Waals surface area contributed by atoms with Gasteiger partial charge in [-0.15, -0.1) is 0 Å². The Balaban J connectivity index is 1.19. The molecule has 1 aromatic carbocycles. The van der Waals surface area contributed by atoms with Crippen molar-refractivity contribution in [1.29, 1.82) is 0 Å². The molecular weight excluding hydrogens is 546 g/mol. The maximum atomic E-state index is 13.2. The molecule has 11 nitrogen and oxygen atoms in total. The van der Waals surface area contributed by atoms with Crippen LogP contribution in [0.3, 0.4) is 0 Å². The fraction of sp³-hybridized carbons (Fsp3) is 0.625. The number of anilines is 4. The van der Waals surface area contributed by atoms with Gasteiger partial charge >= 0.3 is 0 Å². The van der Waals surface area contributed by atoms with E-state index in [0.29, 0.717) is 46.9 Å². The van der Waals surface area contributed by atoms with Crippen molar-refractivity contribution in [3.63, 3.8) is 0 Å². The van der Waals surface area contributed by atoms with Crippen molar-refractivity contribution in [1.82, 2.24) is 20.2 Å². The van der Waals surface area contributed by atoms with Crippen molar-refractivity contribution in [3.8, 4) is 5.75 Å². The van der Waals surface area contributed by atoms with E-state index in [-0.39, 0.29) is 29.3 Å². The van der Waals surface area contributed by atoms with E-state index in [1.165, 1.54) is 0 Å². The lowest BCUT2D eigenvalue weighted by molar-refractivity contribution is -0.120. The number of carbonyl (C=O) groups excluding carboxylic acids is 2. The molecule has 3 fully saturated rings. The number of nitrogens with zero attached hydrogens (tertiary/aromatic N) is 5. The topological polar surface area (TPSA) is 123 Å². The molecule has 4 aliphatic rings. The summed E-state index contributed by atoms with van der Waals surface area (Å²) in [7, 11) is 5.48. The summed E-state index contributed by atoms with van der Waals surface area (Å²) in [5.74, 6) is 2.47. The highest BCUT2D eigenvalue weighted by Gasteiger charge is 2.49. The third kappa shape index (κ3) is 5.42. The minimum atomic E-state index is -0.927. The molecule has 1 aromatic heterocycles. The van der Waals surface area contributed by atoms with Gasteiger partial charge in [-0.2, -0.15) is 4.98 Å². The monoisotopic (exact) mass is 591 g/mol. The van der Waals surface area contributed by atoms with Gasteiger partial charge in [-0.05, 0) is 69.2 Å². The molecule has 3 N–H and O–H groups in total. The predicted octanol–water partition coefficient (Wildman–Crippen LogP) is 3.76. The third-order valence-electron chi connectivity index (χ3n) is 10.3. The zero-order chi connectivity index (χ0) is 30.5. The van der Waals surface area contributed by atoms with Crippen LogP contribution in [-0.2, 0) is 4.79 Å². The lowest BCUT2D eigenvalue weighted by Gasteiger charge is -2.43. The molecule has 1 saturated heterocycles. The minimum absolute atomic E-state index is 0.0734. The molecule has 2 aromatic rings. The van der Waals surface area contributed by atoms with E-state index in [4.69, 9.17) is 9.72 Å². The van der Waals surface area contributed by atoms with Crippen LogP contribution >= 0.6 is 0 Å². The molecule has 2 aliphatic heterocycles. The van der Waals surface area contributed by atoms with E-state index >= 15 is 0 Å².